The topological polar surface area (TPSA) is 67.4 Å². The van der Waals surface area contributed by atoms with E-state index < -0.39 is 0 Å². The van der Waals surface area contributed by atoms with Crippen LogP contribution in [0.3, 0.4) is 0 Å². The molecule has 0 aliphatic carbocycles. The summed E-state index contributed by atoms with van der Waals surface area (Å²) < 4.78 is 10.7. The molecule has 0 saturated carbocycles. The number of amides is 1. The number of H-pyrrole nitrogens is 1. The fourth-order valence-corrected chi connectivity index (χ4v) is 2.67. The SMILES string of the molecule is COc1cccc(CC(=O)N2CCOC[C@@H]2c2ccn[nH]2)c1. The molecular weight excluding hydrogens is 282 g/mol. The van der Waals surface area contributed by atoms with Crippen LogP contribution in [0.2, 0.25) is 0 Å². The molecule has 2 heterocycles. The van der Waals surface area contributed by atoms with Crippen LogP contribution in [0.5, 0.6) is 5.75 Å². The minimum atomic E-state index is -0.102. The van der Waals surface area contributed by atoms with Crippen molar-refractivity contribution in [2.75, 3.05) is 26.9 Å². The Kier molecular flexibility index (Phi) is 4.39. The highest BCUT2D eigenvalue weighted by Gasteiger charge is 2.29. The van der Waals surface area contributed by atoms with Crippen LogP contribution in [0, 0.1) is 0 Å². The van der Waals surface area contributed by atoms with Crippen molar-refractivity contribution in [2.45, 2.75) is 12.5 Å². The van der Waals surface area contributed by atoms with E-state index in [1.807, 2.05) is 35.2 Å². The van der Waals surface area contributed by atoms with Crippen LogP contribution in [0.15, 0.2) is 36.5 Å². The van der Waals surface area contributed by atoms with E-state index >= 15 is 0 Å². The number of ether oxygens (including phenoxy) is 2. The summed E-state index contributed by atoms with van der Waals surface area (Å²) in [7, 11) is 1.62. The zero-order chi connectivity index (χ0) is 15.4. The van der Waals surface area contributed by atoms with Gasteiger partial charge in [-0.3, -0.25) is 9.89 Å². The Labute approximate surface area is 129 Å². The van der Waals surface area contributed by atoms with E-state index in [9.17, 15) is 4.79 Å². The second-order valence-electron chi connectivity index (χ2n) is 5.22. The van der Waals surface area contributed by atoms with E-state index in [2.05, 4.69) is 10.2 Å². The first kappa shape index (κ1) is 14.6. The third-order valence-corrected chi connectivity index (χ3v) is 3.82. The van der Waals surface area contributed by atoms with Gasteiger partial charge in [0.15, 0.2) is 0 Å². The first-order valence-electron chi connectivity index (χ1n) is 7.27. The van der Waals surface area contributed by atoms with Gasteiger partial charge < -0.3 is 14.4 Å². The third-order valence-electron chi connectivity index (χ3n) is 3.82. The van der Waals surface area contributed by atoms with Gasteiger partial charge in [0.2, 0.25) is 5.91 Å². The quantitative estimate of drug-likeness (QED) is 0.930. The zero-order valence-electron chi connectivity index (χ0n) is 12.5. The van der Waals surface area contributed by atoms with Gasteiger partial charge in [-0.1, -0.05) is 12.1 Å². The number of aromatic amines is 1. The maximum atomic E-state index is 12.7. The molecule has 3 rings (SSSR count). The van der Waals surface area contributed by atoms with Gasteiger partial charge in [-0.25, -0.2) is 0 Å². The molecule has 6 nitrogen and oxygen atoms in total. The summed E-state index contributed by atoms with van der Waals surface area (Å²) in [5.41, 5.74) is 1.85. The van der Waals surface area contributed by atoms with Crippen molar-refractivity contribution in [3.05, 3.63) is 47.8 Å². The number of hydrogen-bond donors (Lipinski definition) is 1. The van der Waals surface area contributed by atoms with E-state index in [1.54, 1.807) is 13.3 Å². The predicted molar refractivity (Wildman–Crippen MR) is 80.6 cm³/mol. The van der Waals surface area contributed by atoms with Gasteiger partial charge in [0.05, 0.1) is 38.5 Å². The number of carbonyl (C=O) groups is 1. The van der Waals surface area contributed by atoms with Crippen LogP contribution in [0.25, 0.3) is 0 Å². The number of morpholine rings is 1. The number of nitrogens with zero attached hydrogens (tertiary/aromatic N) is 2. The Morgan fingerprint density at radius 1 is 1.50 bits per heavy atom. The van der Waals surface area contributed by atoms with Crippen molar-refractivity contribution in [2.24, 2.45) is 0 Å². The first-order chi connectivity index (χ1) is 10.8. The molecule has 0 radical (unpaired) electrons. The van der Waals surface area contributed by atoms with Crippen LogP contribution in [0.1, 0.15) is 17.3 Å². The van der Waals surface area contributed by atoms with E-state index in [-0.39, 0.29) is 11.9 Å². The van der Waals surface area contributed by atoms with Crippen LogP contribution in [-0.4, -0.2) is 47.9 Å². The fraction of sp³-hybridized carbons (Fsp3) is 0.375. The number of carbonyl (C=O) groups excluding carboxylic acids is 1. The average Bonchev–Trinajstić information content (AvgIpc) is 3.09. The highest BCUT2D eigenvalue weighted by molar-refractivity contribution is 5.79. The summed E-state index contributed by atoms with van der Waals surface area (Å²) in [6.07, 6.45) is 2.04. The number of methoxy groups -OCH3 is 1. The third kappa shape index (κ3) is 3.12. The smallest absolute Gasteiger partial charge is 0.227 e. The molecule has 1 N–H and O–H groups in total. The lowest BCUT2D eigenvalue weighted by molar-refractivity contribution is -0.139. The maximum Gasteiger partial charge on any atom is 0.227 e. The van der Waals surface area contributed by atoms with Gasteiger partial charge in [-0.2, -0.15) is 5.10 Å². The van der Waals surface area contributed by atoms with Crippen molar-refractivity contribution in [3.63, 3.8) is 0 Å². The molecule has 1 aromatic carbocycles. The molecule has 1 aliphatic rings. The molecule has 1 fully saturated rings. The van der Waals surface area contributed by atoms with Crippen molar-refractivity contribution >= 4 is 5.91 Å². The molecule has 2 aromatic rings. The van der Waals surface area contributed by atoms with E-state index in [0.29, 0.717) is 26.2 Å². The van der Waals surface area contributed by atoms with Crippen molar-refractivity contribution in [1.29, 1.82) is 0 Å². The minimum absolute atomic E-state index is 0.0798. The van der Waals surface area contributed by atoms with Gasteiger partial charge in [-0.15, -0.1) is 0 Å². The van der Waals surface area contributed by atoms with Crippen LogP contribution in [0.4, 0.5) is 0 Å². The van der Waals surface area contributed by atoms with Gasteiger partial charge in [0, 0.05) is 12.7 Å². The fourth-order valence-electron chi connectivity index (χ4n) is 2.67. The summed E-state index contributed by atoms with van der Waals surface area (Å²) >= 11 is 0. The number of rotatable bonds is 4. The normalized spacial score (nSPS) is 18.2. The molecule has 6 heteroatoms. The average molecular weight is 301 g/mol. The molecular formula is C16H19N3O3. The highest BCUT2D eigenvalue weighted by atomic mass is 16.5. The van der Waals surface area contributed by atoms with Crippen LogP contribution >= 0.6 is 0 Å². The first-order valence-corrected chi connectivity index (χ1v) is 7.27. The summed E-state index contributed by atoms with van der Waals surface area (Å²) in [4.78, 5) is 14.5. The molecule has 1 aliphatic heterocycles. The molecule has 1 saturated heterocycles. The molecule has 0 bridgehead atoms. The van der Waals surface area contributed by atoms with Crippen molar-refractivity contribution in [3.8, 4) is 5.75 Å². The number of nitrogens with one attached hydrogen (secondary N) is 1. The molecule has 1 amide bonds. The number of aromatic nitrogens is 2. The zero-order valence-corrected chi connectivity index (χ0v) is 12.5. The summed E-state index contributed by atoms with van der Waals surface area (Å²) in [6, 6.07) is 9.37. The van der Waals surface area contributed by atoms with Gasteiger partial charge >= 0.3 is 0 Å². The largest absolute Gasteiger partial charge is 0.497 e. The number of hydrogen-bond acceptors (Lipinski definition) is 4. The van der Waals surface area contributed by atoms with E-state index in [4.69, 9.17) is 9.47 Å². The summed E-state index contributed by atoms with van der Waals surface area (Å²) in [5.74, 6) is 0.841. The molecule has 1 atom stereocenters. The van der Waals surface area contributed by atoms with Gasteiger partial charge in [0.1, 0.15) is 5.75 Å². The van der Waals surface area contributed by atoms with E-state index in [1.165, 1.54) is 0 Å². The monoisotopic (exact) mass is 301 g/mol. The lowest BCUT2D eigenvalue weighted by Gasteiger charge is -2.35. The lowest BCUT2D eigenvalue weighted by atomic mass is 10.1. The minimum Gasteiger partial charge on any atom is -0.497 e. The Balaban J connectivity index is 1.74. The molecule has 0 unspecified atom stereocenters. The second-order valence-corrected chi connectivity index (χ2v) is 5.22. The van der Waals surface area contributed by atoms with Crippen molar-refractivity contribution < 1.29 is 14.3 Å². The predicted octanol–water partition coefficient (Wildman–Crippen LogP) is 1.56. The van der Waals surface area contributed by atoms with Crippen molar-refractivity contribution in [1.82, 2.24) is 15.1 Å². The van der Waals surface area contributed by atoms with Gasteiger partial charge in [-0.05, 0) is 23.8 Å². The Morgan fingerprint density at radius 3 is 3.18 bits per heavy atom. The van der Waals surface area contributed by atoms with Gasteiger partial charge in [0.25, 0.3) is 0 Å². The lowest BCUT2D eigenvalue weighted by Crippen LogP contribution is -2.44. The summed E-state index contributed by atoms with van der Waals surface area (Å²) in [6.45, 7) is 1.65. The Morgan fingerprint density at radius 2 is 2.41 bits per heavy atom. The highest BCUT2D eigenvalue weighted by Crippen LogP contribution is 2.23. The Hall–Kier alpha value is -2.34. The summed E-state index contributed by atoms with van der Waals surface area (Å²) in [5, 5.41) is 6.89. The Bertz CT molecular complexity index is 627. The second kappa shape index (κ2) is 6.62. The van der Waals surface area contributed by atoms with E-state index in [0.717, 1.165) is 17.0 Å². The van der Waals surface area contributed by atoms with Crippen LogP contribution in [-0.2, 0) is 16.0 Å². The maximum absolute atomic E-state index is 12.7. The molecule has 0 spiro atoms. The molecule has 1 aromatic heterocycles. The van der Waals surface area contributed by atoms with Crippen LogP contribution < -0.4 is 4.74 Å². The molecule has 116 valence electrons. The number of benzene rings is 1. The molecule has 22 heavy (non-hydrogen) atoms. The standard InChI is InChI=1S/C16H19N3O3/c1-21-13-4-2-3-12(9-13)10-16(20)19-7-8-22-11-15(19)14-5-6-17-18-14/h2-6,9,15H,7-8,10-11H2,1H3,(H,17,18)/t15-/m1/s1.